The lowest BCUT2D eigenvalue weighted by Gasteiger charge is -2.33. The molecule has 1 aliphatic rings. The van der Waals surface area contributed by atoms with Gasteiger partial charge in [0.25, 0.3) is 0 Å². The predicted molar refractivity (Wildman–Crippen MR) is 76.4 cm³/mol. The molecule has 5 heteroatoms. The number of nitrogens with zero attached hydrogens (tertiary/aromatic N) is 1. The van der Waals surface area contributed by atoms with Gasteiger partial charge in [0.05, 0.1) is 4.47 Å². The molecule has 1 saturated heterocycles. The lowest BCUT2D eigenvalue weighted by atomic mass is 10.1. The minimum atomic E-state index is 0.228. The fourth-order valence-corrected chi connectivity index (χ4v) is 3.43. The second kappa shape index (κ2) is 5.69. The normalized spacial score (nSPS) is 19.2. The second-order valence-electron chi connectivity index (χ2n) is 4.29. The van der Waals surface area contributed by atoms with E-state index in [4.69, 9.17) is 0 Å². The van der Waals surface area contributed by atoms with E-state index in [1.54, 1.807) is 0 Å². The standard InChI is InChI=1S/C12H16Br2N2O/c1-8(16-4-2-15-3-5-16)10-6-9(13)7-11(14)12(10)17/h6-8,15,17H,2-5H2,1H3/t8-/m1/s1. The van der Waals surface area contributed by atoms with E-state index in [1.807, 2.05) is 12.1 Å². The molecule has 3 nitrogen and oxygen atoms in total. The Morgan fingerprint density at radius 1 is 1.29 bits per heavy atom. The number of hydrogen-bond acceptors (Lipinski definition) is 3. The first-order valence-electron chi connectivity index (χ1n) is 5.72. The summed E-state index contributed by atoms with van der Waals surface area (Å²) in [4.78, 5) is 2.38. The summed E-state index contributed by atoms with van der Waals surface area (Å²) < 4.78 is 1.73. The van der Waals surface area contributed by atoms with E-state index in [1.165, 1.54) is 0 Å². The van der Waals surface area contributed by atoms with E-state index in [2.05, 4.69) is 49.0 Å². The number of phenolic OH excluding ortho intramolecular Hbond substituents is 1. The molecular formula is C12H16Br2N2O. The summed E-state index contributed by atoms with van der Waals surface area (Å²) in [5.41, 5.74) is 0.966. The highest BCUT2D eigenvalue weighted by atomic mass is 79.9. The van der Waals surface area contributed by atoms with Gasteiger partial charge >= 0.3 is 0 Å². The van der Waals surface area contributed by atoms with Gasteiger partial charge in [-0.05, 0) is 35.0 Å². The summed E-state index contributed by atoms with van der Waals surface area (Å²) in [5.74, 6) is 0.347. The number of hydrogen-bond donors (Lipinski definition) is 2. The van der Waals surface area contributed by atoms with Gasteiger partial charge in [0, 0.05) is 42.3 Å². The molecule has 0 bridgehead atoms. The third-order valence-corrected chi connectivity index (χ3v) is 4.27. The molecule has 17 heavy (non-hydrogen) atoms. The van der Waals surface area contributed by atoms with Crippen LogP contribution in [0.5, 0.6) is 5.75 Å². The van der Waals surface area contributed by atoms with E-state index >= 15 is 0 Å². The van der Waals surface area contributed by atoms with Crippen molar-refractivity contribution in [1.82, 2.24) is 10.2 Å². The molecule has 94 valence electrons. The van der Waals surface area contributed by atoms with Gasteiger partial charge in [0.15, 0.2) is 0 Å². The first-order chi connectivity index (χ1) is 8.09. The van der Waals surface area contributed by atoms with Crippen molar-refractivity contribution in [3.05, 3.63) is 26.6 Å². The van der Waals surface area contributed by atoms with Crippen molar-refractivity contribution >= 4 is 31.9 Å². The fourth-order valence-electron chi connectivity index (χ4n) is 2.17. The smallest absolute Gasteiger partial charge is 0.134 e. The van der Waals surface area contributed by atoms with Crippen LogP contribution in [0.15, 0.2) is 21.1 Å². The first kappa shape index (κ1) is 13.3. The molecule has 1 atom stereocenters. The number of rotatable bonds is 2. The van der Waals surface area contributed by atoms with Crippen LogP contribution in [0.2, 0.25) is 0 Å². The molecule has 1 fully saturated rings. The summed E-state index contributed by atoms with van der Waals surface area (Å²) in [6.07, 6.45) is 0. The molecule has 0 aliphatic carbocycles. The van der Waals surface area contributed by atoms with E-state index in [9.17, 15) is 5.11 Å². The van der Waals surface area contributed by atoms with Crippen LogP contribution in [-0.2, 0) is 0 Å². The van der Waals surface area contributed by atoms with Crippen molar-refractivity contribution in [1.29, 1.82) is 0 Å². The van der Waals surface area contributed by atoms with Crippen LogP contribution in [0.4, 0.5) is 0 Å². The van der Waals surface area contributed by atoms with Gasteiger partial charge < -0.3 is 10.4 Å². The molecule has 1 aromatic carbocycles. The Balaban J connectivity index is 2.26. The SMILES string of the molecule is C[C@H](c1cc(Br)cc(Br)c1O)N1CCNCC1. The quantitative estimate of drug-likeness (QED) is 0.848. The van der Waals surface area contributed by atoms with Crippen LogP contribution in [-0.4, -0.2) is 36.2 Å². The third-order valence-electron chi connectivity index (χ3n) is 3.21. The summed E-state index contributed by atoms with van der Waals surface area (Å²) in [6.45, 7) is 6.20. The molecule has 0 unspecified atom stereocenters. The zero-order chi connectivity index (χ0) is 12.4. The van der Waals surface area contributed by atoms with Gasteiger partial charge in [-0.1, -0.05) is 15.9 Å². The highest BCUT2D eigenvalue weighted by Crippen LogP contribution is 2.37. The molecule has 0 saturated carbocycles. The molecule has 1 aromatic rings. The van der Waals surface area contributed by atoms with Crippen LogP contribution >= 0.6 is 31.9 Å². The maximum atomic E-state index is 10.1. The van der Waals surface area contributed by atoms with Crippen molar-refractivity contribution in [2.45, 2.75) is 13.0 Å². The van der Waals surface area contributed by atoms with E-state index in [-0.39, 0.29) is 6.04 Å². The van der Waals surface area contributed by atoms with Gasteiger partial charge in [-0.15, -0.1) is 0 Å². The van der Waals surface area contributed by atoms with Crippen molar-refractivity contribution in [2.75, 3.05) is 26.2 Å². The van der Waals surface area contributed by atoms with E-state index in [0.29, 0.717) is 5.75 Å². The van der Waals surface area contributed by atoms with Crippen LogP contribution in [0.25, 0.3) is 0 Å². The van der Waals surface area contributed by atoms with Crippen molar-refractivity contribution in [3.8, 4) is 5.75 Å². The van der Waals surface area contributed by atoms with Gasteiger partial charge in [-0.2, -0.15) is 0 Å². The number of benzene rings is 1. The second-order valence-corrected chi connectivity index (χ2v) is 6.06. The predicted octanol–water partition coefficient (Wildman–Crippen LogP) is 2.88. The number of nitrogens with one attached hydrogen (secondary N) is 1. The summed E-state index contributed by atoms with van der Waals surface area (Å²) in [6, 6.07) is 4.08. The zero-order valence-electron chi connectivity index (χ0n) is 9.71. The first-order valence-corrected chi connectivity index (χ1v) is 7.31. The molecular weight excluding hydrogens is 348 g/mol. The average Bonchev–Trinajstić information content (AvgIpc) is 2.34. The maximum Gasteiger partial charge on any atom is 0.134 e. The molecule has 1 heterocycles. The van der Waals surface area contributed by atoms with E-state index < -0.39 is 0 Å². The van der Waals surface area contributed by atoms with Crippen molar-refractivity contribution < 1.29 is 5.11 Å². The Morgan fingerprint density at radius 2 is 1.94 bits per heavy atom. The molecule has 0 spiro atoms. The van der Waals surface area contributed by atoms with Crippen LogP contribution in [0, 0.1) is 0 Å². The van der Waals surface area contributed by atoms with Gasteiger partial charge in [0.2, 0.25) is 0 Å². The highest BCUT2D eigenvalue weighted by Gasteiger charge is 2.21. The van der Waals surface area contributed by atoms with E-state index in [0.717, 1.165) is 40.7 Å². The Labute approximate surface area is 118 Å². The molecule has 0 amide bonds. The maximum absolute atomic E-state index is 10.1. The summed E-state index contributed by atoms with van der Waals surface area (Å²) >= 11 is 6.85. The topological polar surface area (TPSA) is 35.5 Å². The molecule has 2 N–H and O–H groups in total. The Kier molecular flexibility index (Phi) is 4.47. The molecule has 0 aromatic heterocycles. The average molecular weight is 364 g/mol. The third kappa shape index (κ3) is 3.02. The largest absolute Gasteiger partial charge is 0.506 e. The van der Waals surface area contributed by atoms with Crippen molar-refractivity contribution in [3.63, 3.8) is 0 Å². The number of phenols is 1. The number of halogens is 2. The van der Waals surface area contributed by atoms with Gasteiger partial charge in [-0.25, -0.2) is 0 Å². The van der Waals surface area contributed by atoms with Gasteiger partial charge in [-0.3, -0.25) is 4.90 Å². The molecule has 2 rings (SSSR count). The van der Waals surface area contributed by atoms with Crippen LogP contribution in [0.3, 0.4) is 0 Å². The summed E-state index contributed by atoms with van der Waals surface area (Å²) in [5, 5.41) is 13.4. The van der Waals surface area contributed by atoms with Crippen LogP contribution < -0.4 is 5.32 Å². The minimum absolute atomic E-state index is 0.228. The Bertz CT molecular complexity index is 406. The molecule has 0 radical (unpaired) electrons. The summed E-state index contributed by atoms with van der Waals surface area (Å²) in [7, 11) is 0. The monoisotopic (exact) mass is 362 g/mol. The minimum Gasteiger partial charge on any atom is -0.506 e. The Morgan fingerprint density at radius 3 is 2.59 bits per heavy atom. The highest BCUT2D eigenvalue weighted by molar-refractivity contribution is 9.11. The van der Waals surface area contributed by atoms with Crippen molar-refractivity contribution in [2.24, 2.45) is 0 Å². The fraction of sp³-hybridized carbons (Fsp3) is 0.500. The Hall–Kier alpha value is -0.100. The number of piperazine rings is 1. The van der Waals surface area contributed by atoms with Crippen LogP contribution in [0.1, 0.15) is 18.5 Å². The molecule has 1 aliphatic heterocycles. The lowest BCUT2D eigenvalue weighted by Crippen LogP contribution is -2.44. The lowest BCUT2D eigenvalue weighted by molar-refractivity contribution is 0.183. The van der Waals surface area contributed by atoms with Gasteiger partial charge in [0.1, 0.15) is 5.75 Å². The zero-order valence-corrected chi connectivity index (χ0v) is 12.9. The number of aromatic hydroxyl groups is 1.